The van der Waals surface area contributed by atoms with Gasteiger partial charge in [-0.2, -0.15) is 5.26 Å². The van der Waals surface area contributed by atoms with Gasteiger partial charge in [-0.3, -0.25) is 0 Å². The van der Waals surface area contributed by atoms with Crippen molar-refractivity contribution < 1.29 is 19.0 Å². The number of carbonyl (C=O) groups is 1. The van der Waals surface area contributed by atoms with Crippen LogP contribution in [0.5, 0.6) is 11.5 Å². The highest BCUT2D eigenvalue weighted by Crippen LogP contribution is 2.47. The van der Waals surface area contributed by atoms with Crippen LogP contribution in [0.2, 0.25) is 0 Å². The fourth-order valence-corrected chi connectivity index (χ4v) is 3.84. The maximum Gasteiger partial charge on any atom is 0.409 e. The summed E-state index contributed by atoms with van der Waals surface area (Å²) in [7, 11) is 3.13. The standard InChI is InChI=1S/C24H27N5O4/c1-5-28(6-2)23(30)33-15-24(11-12-24)22-26-21-19(31-3)10-9-18(29(21)27-22)16-7-8-17(14-25)20(13-16)32-4/h7-10,13H,5-6,11-12,15H2,1-4H3. The van der Waals surface area contributed by atoms with Gasteiger partial charge in [-0.25, -0.2) is 14.3 Å². The van der Waals surface area contributed by atoms with Crippen molar-refractivity contribution in [3.63, 3.8) is 0 Å². The third kappa shape index (κ3) is 4.04. The van der Waals surface area contributed by atoms with Crippen LogP contribution in [0.1, 0.15) is 38.1 Å². The lowest BCUT2D eigenvalue weighted by Gasteiger charge is -2.20. The molecule has 3 aromatic rings. The number of benzene rings is 1. The molecule has 172 valence electrons. The summed E-state index contributed by atoms with van der Waals surface area (Å²) < 4.78 is 18.2. The minimum Gasteiger partial charge on any atom is -0.495 e. The molecule has 0 unspecified atom stereocenters. The molecule has 1 aliphatic rings. The zero-order valence-corrected chi connectivity index (χ0v) is 19.3. The first-order chi connectivity index (χ1) is 16.0. The minimum absolute atomic E-state index is 0.238. The van der Waals surface area contributed by atoms with Gasteiger partial charge in [0.05, 0.1) is 30.9 Å². The summed E-state index contributed by atoms with van der Waals surface area (Å²) in [6.07, 6.45) is 1.37. The van der Waals surface area contributed by atoms with Gasteiger partial charge in [0, 0.05) is 18.7 Å². The zero-order chi connectivity index (χ0) is 23.6. The maximum atomic E-state index is 12.3. The summed E-state index contributed by atoms with van der Waals surface area (Å²) in [6.45, 7) is 5.29. The van der Waals surface area contributed by atoms with E-state index in [0.29, 0.717) is 41.6 Å². The highest BCUT2D eigenvalue weighted by atomic mass is 16.6. The Balaban J connectivity index is 1.72. The van der Waals surface area contributed by atoms with Crippen LogP contribution in [0.15, 0.2) is 30.3 Å². The molecule has 33 heavy (non-hydrogen) atoms. The van der Waals surface area contributed by atoms with Crippen LogP contribution in [-0.4, -0.2) is 59.5 Å². The second-order valence-electron chi connectivity index (χ2n) is 7.99. The Kier molecular flexibility index (Phi) is 6.09. The van der Waals surface area contributed by atoms with Crippen LogP contribution >= 0.6 is 0 Å². The molecule has 2 aromatic heterocycles. The van der Waals surface area contributed by atoms with Gasteiger partial charge in [0.25, 0.3) is 0 Å². The number of fused-ring (bicyclic) bond motifs is 1. The molecule has 0 radical (unpaired) electrons. The summed E-state index contributed by atoms with van der Waals surface area (Å²) in [5, 5.41) is 14.1. The van der Waals surface area contributed by atoms with Crippen LogP contribution in [0.25, 0.3) is 16.9 Å². The zero-order valence-electron chi connectivity index (χ0n) is 19.3. The molecule has 0 saturated heterocycles. The average Bonchev–Trinajstić information content (AvgIpc) is 3.51. The molecule has 0 aliphatic heterocycles. The van der Waals surface area contributed by atoms with Gasteiger partial charge in [-0.1, -0.05) is 6.07 Å². The lowest BCUT2D eigenvalue weighted by molar-refractivity contribution is 0.0961. The second-order valence-corrected chi connectivity index (χ2v) is 7.99. The first-order valence-corrected chi connectivity index (χ1v) is 10.9. The first-order valence-electron chi connectivity index (χ1n) is 10.9. The molecule has 0 atom stereocenters. The highest BCUT2D eigenvalue weighted by molar-refractivity contribution is 5.70. The molecule has 4 rings (SSSR count). The van der Waals surface area contributed by atoms with Gasteiger partial charge in [-0.15, -0.1) is 5.10 Å². The summed E-state index contributed by atoms with van der Waals surface area (Å²) in [6, 6.07) is 11.2. The number of hydrogen-bond donors (Lipinski definition) is 0. The number of pyridine rings is 1. The number of ether oxygens (including phenoxy) is 3. The first kappa shape index (κ1) is 22.4. The van der Waals surface area contributed by atoms with Crippen LogP contribution in [0.3, 0.4) is 0 Å². The van der Waals surface area contributed by atoms with Crippen molar-refractivity contribution in [2.24, 2.45) is 0 Å². The molecule has 9 nitrogen and oxygen atoms in total. The fourth-order valence-electron chi connectivity index (χ4n) is 3.84. The topological polar surface area (TPSA) is 102 Å². The second kappa shape index (κ2) is 8.98. The number of aromatic nitrogens is 3. The molecule has 0 spiro atoms. The van der Waals surface area contributed by atoms with Gasteiger partial charge in [0.1, 0.15) is 18.4 Å². The van der Waals surface area contributed by atoms with Crippen LogP contribution in [0.4, 0.5) is 4.79 Å². The average molecular weight is 450 g/mol. The van der Waals surface area contributed by atoms with Crippen LogP contribution < -0.4 is 9.47 Å². The minimum atomic E-state index is -0.389. The van der Waals surface area contributed by atoms with E-state index in [1.165, 1.54) is 7.11 Å². The largest absolute Gasteiger partial charge is 0.495 e. The van der Waals surface area contributed by atoms with Gasteiger partial charge in [-0.05, 0) is 51.0 Å². The van der Waals surface area contributed by atoms with E-state index in [1.807, 2.05) is 32.0 Å². The third-order valence-corrected chi connectivity index (χ3v) is 6.11. The molecule has 0 bridgehead atoms. The van der Waals surface area contributed by atoms with Gasteiger partial charge < -0.3 is 19.1 Å². The number of hydrogen-bond acceptors (Lipinski definition) is 7. The van der Waals surface area contributed by atoms with Crippen molar-refractivity contribution in [3.8, 4) is 28.8 Å². The number of methoxy groups -OCH3 is 2. The Bertz CT molecular complexity index is 1220. The Hall–Kier alpha value is -3.80. The summed E-state index contributed by atoms with van der Waals surface area (Å²) in [5.41, 5.74) is 2.25. The van der Waals surface area contributed by atoms with Crippen molar-refractivity contribution in [1.29, 1.82) is 5.26 Å². The normalized spacial score (nSPS) is 13.9. The monoisotopic (exact) mass is 449 g/mol. The third-order valence-electron chi connectivity index (χ3n) is 6.11. The van der Waals surface area contributed by atoms with Gasteiger partial charge >= 0.3 is 6.09 Å². The summed E-state index contributed by atoms with van der Waals surface area (Å²) in [4.78, 5) is 18.8. The molecule has 2 heterocycles. The highest BCUT2D eigenvalue weighted by Gasteiger charge is 2.49. The van der Waals surface area contributed by atoms with E-state index in [0.717, 1.165) is 24.1 Å². The predicted molar refractivity (Wildman–Crippen MR) is 121 cm³/mol. The molecular formula is C24H27N5O4. The lowest BCUT2D eigenvalue weighted by atomic mass is 10.1. The quantitative estimate of drug-likeness (QED) is 0.515. The molecule has 9 heteroatoms. The molecule has 1 saturated carbocycles. The number of nitriles is 1. The summed E-state index contributed by atoms with van der Waals surface area (Å²) >= 11 is 0. The Morgan fingerprint density at radius 1 is 1.15 bits per heavy atom. The van der Waals surface area contributed by atoms with Gasteiger partial charge in [0.2, 0.25) is 0 Å². The van der Waals surface area contributed by atoms with Crippen molar-refractivity contribution >= 4 is 11.7 Å². The molecule has 1 aliphatic carbocycles. The van der Waals surface area contributed by atoms with Crippen molar-refractivity contribution in [3.05, 3.63) is 41.7 Å². The van der Waals surface area contributed by atoms with E-state index in [1.54, 1.807) is 28.7 Å². The SMILES string of the molecule is CCN(CC)C(=O)OCC1(c2nc3c(OC)ccc(-c4ccc(C#N)c(OC)c4)n3n2)CC1. The molecule has 1 amide bonds. The number of rotatable bonds is 8. The summed E-state index contributed by atoms with van der Waals surface area (Å²) in [5.74, 6) is 1.71. The van der Waals surface area contributed by atoms with E-state index in [9.17, 15) is 10.1 Å². The Morgan fingerprint density at radius 3 is 2.48 bits per heavy atom. The van der Waals surface area contributed by atoms with E-state index in [2.05, 4.69) is 6.07 Å². The lowest BCUT2D eigenvalue weighted by Crippen LogP contribution is -2.33. The van der Waals surface area contributed by atoms with Crippen molar-refractivity contribution in [2.45, 2.75) is 32.1 Å². The molecule has 0 N–H and O–H groups in total. The van der Waals surface area contributed by atoms with E-state index in [4.69, 9.17) is 24.3 Å². The fraction of sp³-hybridized carbons (Fsp3) is 0.417. The van der Waals surface area contributed by atoms with E-state index in [-0.39, 0.29) is 18.1 Å². The Labute approximate surface area is 192 Å². The number of carbonyl (C=O) groups excluding carboxylic acids is 1. The maximum absolute atomic E-state index is 12.3. The van der Waals surface area contributed by atoms with Crippen LogP contribution in [0, 0.1) is 11.3 Å². The molecule has 1 fully saturated rings. The molecular weight excluding hydrogens is 422 g/mol. The van der Waals surface area contributed by atoms with Crippen molar-refractivity contribution in [2.75, 3.05) is 33.9 Å². The smallest absolute Gasteiger partial charge is 0.409 e. The van der Waals surface area contributed by atoms with E-state index >= 15 is 0 Å². The van der Waals surface area contributed by atoms with Crippen LogP contribution in [-0.2, 0) is 10.2 Å². The molecule has 1 aromatic carbocycles. The number of nitrogens with zero attached hydrogens (tertiary/aromatic N) is 5. The Morgan fingerprint density at radius 2 is 1.88 bits per heavy atom. The predicted octanol–water partition coefficient (Wildman–Crippen LogP) is 3.80. The number of amides is 1. The van der Waals surface area contributed by atoms with Crippen molar-refractivity contribution in [1.82, 2.24) is 19.5 Å². The van der Waals surface area contributed by atoms with Gasteiger partial charge in [0.15, 0.2) is 17.2 Å². The van der Waals surface area contributed by atoms with E-state index < -0.39 is 0 Å².